The zero-order valence-electron chi connectivity index (χ0n) is 20.7. The van der Waals surface area contributed by atoms with Crippen LogP contribution >= 0.6 is 0 Å². The fourth-order valence-corrected chi connectivity index (χ4v) is 2.70. The van der Waals surface area contributed by atoms with Crippen molar-refractivity contribution in [2.75, 3.05) is 27.2 Å². The summed E-state index contributed by atoms with van der Waals surface area (Å²) in [5.41, 5.74) is 6.98. The van der Waals surface area contributed by atoms with E-state index in [0.29, 0.717) is 22.3 Å². The third kappa shape index (κ3) is 10.5. The van der Waals surface area contributed by atoms with Crippen LogP contribution in [0.5, 0.6) is 5.75 Å². The Kier molecular flexibility index (Phi) is 11.6. The molecule has 0 saturated carbocycles. The van der Waals surface area contributed by atoms with Gasteiger partial charge in [-0.15, -0.1) is 0 Å². The van der Waals surface area contributed by atoms with E-state index in [1.165, 1.54) is 23.1 Å². The minimum absolute atomic E-state index is 0.0263. The number of carboxylic acid groups (broad SMARTS) is 2. The van der Waals surface area contributed by atoms with Gasteiger partial charge in [-0.1, -0.05) is 12.1 Å². The molecule has 6 N–H and O–H groups in total. The molecule has 2 rings (SSSR count). The molecule has 0 aromatic heterocycles. The zero-order valence-corrected chi connectivity index (χ0v) is 20.7. The number of aliphatic carboxylic acids is 2. The minimum atomic E-state index is -5.08. The van der Waals surface area contributed by atoms with E-state index >= 15 is 0 Å². The van der Waals surface area contributed by atoms with E-state index in [4.69, 9.17) is 30.9 Å². The number of amidine groups is 1. The number of hydrogen-bond donors (Lipinski definition) is 5. The maximum atomic E-state index is 12.3. The first-order valence-corrected chi connectivity index (χ1v) is 10.8. The van der Waals surface area contributed by atoms with E-state index in [2.05, 4.69) is 5.32 Å². The molecule has 15 heteroatoms. The number of nitrogen functional groups attached to an aromatic ring is 1. The molecule has 0 spiro atoms. The van der Waals surface area contributed by atoms with E-state index in [9.17, 15) is 32.3 Å². The number of amides is 2. The number of carbonyl (C=O) groups is 5. The Hall–Kier alpha value is -4.95. The lowest BCUT2D eigenvalue weighted by Gasteiger charge is -2.13. The van der Waals surface area contributed by atoms with Crippen molar-refractivity contribution in [1.29, 1.82) is 5.41 Å². The highest BCUT2D eigenvalue weighted by molar-refractivity contribution is 6.33. The lowest BCUT2D eigenvalue weighted by atomic mass is 10.0. The van der Waals surface area contributed by atoms with Crippen molar-refractivity contribution < 1.29 is 52.1 Å². The molecule has 0 saturated heterocycles. The Morgan fingerprint density at radius 3 is 1.95 bits per heavy atom. The molecule has 2 amide bonds. The molecule has 12 nitrogen and oxygen atoms in total. The number of alkyl halides is 3. The van der Waals surface area contributed by atoms with Crippen LogP contribution in [0.3, 0.4) is 0 Å². The first-order valence-electron chi connectivity index (χ1n) is 10.8. The Morgan fingerprint density at radius 1 is 0.974 bits per heavy atom. The number of ketones is 1. The standard InChI is InChI=1S/C22H24N4O6.C2HF3O2/c1-26(2)21(29)14-5-3-13(4-6-14)20(28)25-9-10-32-18-12-16(19(23)24)8-7-15(18)11-17(27)22(30)31;3-2(4,5)1(6)7/h3-8,12H,9-11H2,1-2H3,(H3,23,24)(H,25,28)(H,30,31);(H,6,7). The van der Waals surface area contributed by atoms with Crippen LogP contribution in [-0.4, -0.2) is 83.9 Å². The summed E-state index contributed by atoms with van der Waals surface area (Å²) in [7, 11) is 3.27. The van der Waals surface area contributed by atoms with Crippen molar-refractivity contribution in [2.24, 2.45) is 5.73 Å². The van der Waals surface area contributed by atoms with Crippen molar-refractivity contribution in [3.05, 3.63) is 64.7 Å². The van der Waals surface area contributed by atoms with Crippen LogP contribution in [0.2, 0.25) is 0 Å². The van der Waals surface area contributed by atoms with Gasteiger partial charge in [-0.05, 0) is 30.3 Å². The summed E-state index contributed by atoms with van der Waals surface area (Å²) in [6.45, 7) is 0.145. The van der Waals surface area contributed by atoms with E-state index < -0.39 is 23.9 Å². The van der Waals surface area contributed by atoms with Crippen LogP contribution < -0.4 is 15.8 Å². The molecule has 0 fully saturated rings. The second-order valence-electron chi connectivity index (χ2n) is 7.83. The van der Waals surface area contributed by atoms with Gasteiger partial charge in [0.2, 0.25) is 5.78 Å². The molecule has 0 aliphatic heterocycles. The van der Waals surface area contributed by atoms with Crippen LogP contribution in [0.15, 0.2) is 42.5 Å². The van der Waals surface area contributed by atoms with Gasteiger partial charge in [0.15, 0.2) is 0 Å². The number of benzene rings is 2. The van der Waals surface area contributed by atoms with Gasteiger partial charge >= 0.3 is 18.1 Å². The predicted molar refractivity (Wildman–Crippen MR) is 130 cm³/mol. The molecule has 0 unspecified atom stereocenters. The summed E-state index contributed by atoms with van der Waals surface area (Å²) < 4.78 is 37.3. The van der Waals surface area contributed by atoms with E-state index in [1.807, 2.05) is 0 Å². The Labute approximate surface area is 219 Å². The maximum Gasteiger partial charge on any atom is 0.490 e. The summed E-state index contributed by atoms with van der Waals surface area (Å²) in [5, 5.41) is 26.1. The smallest absolute Gasteiger partial charge is 0.490 e. The molecule has 0 heterocycles. The van der Waals surface area contributed by atoms with E-state index in [0.717, 1.165) is 0 Å². The summed E-state index contributed by atoms with van der Waals surface area (Å²) in [5.74, 6) is -5.87. The fourth-order valence-electron chi connectivity index (χ4n) is 2.70. The maximum absolute atomic E-state index is 12.3. The number of carboxylic acids is 2. The first-order chi connectivity index (χ1) is 18.0. The van der Waals surface area contributed by atoms with Gasteiger partial charge in [-0.3, -0.25) is 19.8 Å². The second-order valence-corrected chi connectivity index (χ2v) is 7.83. The number of hydrogen-bond acceptors (Lipinski definition) is 7. The Balaban J connectivity index is 0.000000956. The Bertz CT molecular complexity index is 1240. The second kappa shape index (κ2) is 14.1. The highest BCUT2D eigenvalue weighted by Gasteiger charge is 2.38. The normalized spacial score (nSPS) is 10.4. The quantitative estimate of drug-likeness (QED) is 0.124. The van der Waals surface area contributed by atoms with Gasteiger partial charge in [0.05, 0.1) is 6.54 Å². The average molecular weight is 554 g/mol. The average Bonchev–Trinajstić information content (AvgIpc) is 2.86. The van der Waals surface area contributed by atoms with Gasteiger partial charge in [0.1, 0.15) is 18.2 Å². The van der Waals surface area contributed by atoms with Crippen LogP contribution in [0.1, 0.15) is 31.8 Å². The molecular formula is C24H25F3N4O8. The molecule has 2 aromatic carbocycles. The number of nitrogens with one attached hydrogen (secondary N) is 2. The largest absolute Gasteiger partial charge is 0.491 e. The van der Waals surface area contributed by atoms with Crippen LogP contribution in [0.4, 0.5) is 13.2 Å². The number of ether oxygens (including phenoxy) is 1. The number of nitrogens with zero attached hydrogens (tertiary/aromatic N) is 1. The summed E-state index contributed by atoms with van der Waals surface area (Å²) >= 11 is 0. The molecule has 210 valence electrons. The summed E-state index contributed by atoms with van der Waals surface area (Å²) in [6, 6.07) is 10.6. The molecule has 0 aliphatic carbocycles. The molecule has 0 atom stereocenters. The molecule has 0 bridgehead atoms. The lowest BCUT2D eigenvalue weighted by molar-refractivity contribution is -0.192. The predicted octanol–water partition coefficient (Wildman–Crippen LogP) is 1.31. The summed E-state index contributed by atoms with van der Waals surface area (Å²) in [4.78, 5) is 56.9. The number of carbonyl (C=O) groups excluding carboxylic acids is 3. The highest BCUT2D eigenvalue weighted by atomic mass is 19.4. The van der Waals surface area contributed by atoms with Gasteiger partial charge in [0.25, 0.3) is 11.8 Å². The van der Waals surface area contributed by atoms with Gasteiger partial charge < -0.3 is 30.9 Å². The third-order valence-electron chi connectivity index (χ3n) is 4.66. The van der Waals surface area contributed by atoms with E-state index in [1.54, 1.807) is 38.4 Å². The van der Waals surface area contributed by atoms with Gasteiger partial charge in [0, 0.05) is 42.8 Å². The van der Waals surface area contributed by atoms with Gasteiger partial charge in [-0.25, -0.2) is 9.59 Å². The van der Waals surface area contributed by atoms with Crippen molar-refractivity contribution in [3.8, 4) is 5.75 Å². The third-order valence-corrected chi connectivity index (χ3v) is 4.66. The van der Waals surface area contributed by atoms with Crippen LogP contribution in [0, 0.1) is 5.41 Å². The molecule has 39 heavy (non-hydrogen) atoms. The van der Waals surface area contributed by atoms with Crippen molar-refractivity contribution in [2.45, 2.75) is 12.6 Å². The van der Waals surface area contributed by atoms with Crippen molar-refractivity contribution >= 4 is 35.4 Å². The Morgan fingerprint density at radius 2 is 1.49 bits per heavy atom. The number of Topliss-reactive ketones (excluding diaryl/α,β-unsaturated/α-hetero) is 1. The summed E-state index contributed by atoms with van der Waals surface area (Å²) in [6.07, 6.45) is -5.47. The molecule has 2 aromatic rings. The van der Waals surface area contributed by atoms with Crippen molar-refractivity contribution in [3.63, 3.8) is 0 Å². The topological polar surface area (TPSA) is 200 Å². The van der Waals surface area contributed by atoms with Crippen LogP contribution in [0.25, 0.3) is 0 Å². The molecule has 0 radical (unpaired) electrons. The van der Waals surface area contributed by atoms with Crippen LogP contribution in [-0.2, 0) is 20.8 Å². The van der Waals surface area contributed by atoms with Crippen molar-refractivity contribution in [1.82, 2.24) is 10.2 Å². The fraction of sp³-hybridized carbons (Fsp3) is 0.250. The molecular weight excluding hydrogens is 529 g/mol. The number of nitrogens with two attached hydrogens (primary N) is 1. The lowest BCUT2D eigenvalue weighted by Crippen LogP contribution is -2.28. The SMILES string of the molecule is CN(C)C(=O)c1ccc(C(=O)NCCOc2cc(C(=N)N)ccc2CC(=O)C(=O)O)cc1.O=C(O)C(F)(F)F. The first kappa shape index (κ1) is 32.1. The highest BCUT2D eigenvalue weighted by Crippen LogP contribution is 2.21. The minimum Gasteiger partial charge on any atom is -0.491 e. The number of rotatable bonds is 10. The monoisotopic (exact) mass is 554 g/mol. The zero-order chi connectivity index (χ0) is 29.9. The van der Waals surface area contributed by atoms with Gasteiger partial charge in [-0.2, -0.15) is 13.2 Å². The van der Waals surface area contributed by atoms with E-state index in [-0.39, 0.29) is 43.0 Å². The number of halogens is 3. The molecule has 0 aliphatic rings.